The topological polar surface area (TPSA) is 102 Å². The number of methoxy groups -OCH3 is 1. The first-order chi connectivity index (χ1) is 10.1. The zero-order chi connectivity index (χ0) is 15.2. The largest absolute Gasteiger partial charge is 0.493 e. The number of carbonyl (C=O) groups excluding carboxylic acids is 1. The third-order valence-corrected chi connectivity index (χ3v) is 2.54. The summed E-state index contributed by atoms with van der Waals surface area (Å²) < 4.78 is 5.16. The van der Waals surface area contributed by atoms with E-state index in [9.17, 15) is 4.79 Å². The van der Waals surface area contributed by atoms with E-state index in [4.69, 9.17) is 10.5 Å². The first kappa shape index (κ1) is 14.4. The number of nitrogens with one attached hydrogen (secondary N) is 1. The molecule has 0 bridgehead atoms. The van der Waals surface area contributed by atoms with Crippen molar-refractivity contribution in [1.29, 1.82) is 0 Å². The maximum atomic E-state index is 11.1. The molecule has 0 atom stereocenters. The van der Waals surface area contributed by atoms with Crippen molar-refractivity contribution in [2.45, 2.75) is 6.92 Å². The van der Waals surface area contributed by atoms with Crippen molar-refractivity contribution in [2.75, 3.05) is 18.2 Å². The highest BCUT2D eigenvalue weighted by molar-refractivity contribution is 5.90. The van der Waals surface area contributed by atoms with Gasteiger partial charge in [-0.3, -0.25) is 4.79 Å². The van der Waals surface area contributed by atoms with Gasteiger partial charge in [-0.25, -0.2) is 4.98 Å². The fourth-order valence-electron chi connectivity index (χ4n) is 1.60. The van der Waals surface area contributed by atoms with Gasteiger partial charge < -0.3 is 15.8 Å². The number of anilines is 2. The van der Waals surface area contributed by atoms with E-state index < -0.39 is 0 Å². The number of nitrogen functional groups attached to an aromatic ring is 1. The zero-order valence-corrected chi connectivity index (χ0v) is 11.7. The normalized spacial score (nSPS) is 10.6. The monoisotopic (exact) mass is 285 g/mol. The molecule has 1 heterocycles. The number of carbonyl (C=O) groups is 1. The summed E-state index contributed by atoms with van der Waals surface area (Å²) in [4.78, 5) is 15.2. The lowest BCUT2D eigenvalue weighted by molar-refractivity contribution is -0.114. The van der Waals surface area contributed by atoms with E-state index in [0.29, 0.717) is 17.1 Å². The Morgan fingerprint density at radius 3 is 2.62 bits per heavy atom. The Morgan fingerprint density at radius 2 is 2.00 bits per heavy atom. The number of hydrogen-bond acceptors (Lipinski definition) is 6. The van der Waals surface area contributed by atoms with Crippen LogP contribution in [0.15, 0.2) is 46.6 Å². The smallest absolute Gasteiger partial charge is 0.222 e. The van der Waals surface area contributed by atoms with Crippen LogP contribution in [0.5, 0.6) is 5.75 Å². The molecule has 2 aromatic rings. The summed E-state index contributed by atoms with van der Waals surface area (Å²) >= 11 is 0. The van der Waals surface area contributed by atoms with Gasteiger partial charge in [0, 0.05) is 13.0 Å². The molecule has 1 aromatic carbocycles. The van der Waals surface area contributed by atoms with Crippen molar-refractivity contribution in [1.82, 2.24) is 4.98 Å². The SMILES string of the molecule is COc1cc(N=Nc2ccccc2)c(N)nc1NC(C)=O. The van der Waals surface area contributed by atoms with Crippen molar-refractivity contribution < 1.29 is 9.53 Å². The highest BCUT2D eigenvalue weighted by atomic mass is 16.5. The number of rotatable bonds is 4. The molecule has 7 heteroatoms. The average molecular weight is 285 g/mol. The highest BCUT2D eigenvalue weighted by Gasteiger charge is 2.11. The minimum absolute atomic E-state index is 0.152. The van der Waals surface area contributed by atoms with Gasteiger partial charge in [0.1, 0.15) is 5.69 Å². The van der Waals surface area contributed by atoms with E-state index in [2.05, 4.69) is 20.5 Å². The number of aromatic nitrogens is 1. The number of pyridine rings is 1. The first-order valence-electron chi connectivity index (χ1n) is 6.19. The second-order valence-electron chi connectivity index (χ2n) is 4.16. The fourth-order valence-corrected chi connectivity index (χ4v) is 1.60. The predicted molar refractivity (Wildman–Crippen MR) is 80.1 cm³/mol. The number of nitrogens with zero attached hydrogens (tertiary/aromatic N) is 3. The molecular formula is C14H15N5O2. The molecule has 0 fully saturated rings. The number of azo groups is 1. The minimum Gasteiger partial charge on any atom is -0.493 e. The van der Waals surface area contributed by atoms with E-state index >= 15 is 0 Å². The van der Waals surface area contributed by atoms with Crippen LogP contribution in [0.3, 0.4) is 0 Å². The third-order valence-electron chi connectivity index (χ3n) is 2.54. The number of amides is 1. The Hall–Kier alpha value is -2.96. The first-order valence-corrected chi connectivity index (χ1v) is 6.19. The molecule has 108 valence electrons. The van der Waals surface area contributed by atoms with Crippen molar-refractivity contribution in [3.8, 4) is 5.75 Å². The Balaban J connectivity index is 2.32. The summed E-state index contributed by atoms with van der Waals surface area (Å²) in [6.45, 7) is 1.38. The van der Waals surface area contributed by atoms with Crippen LogP contribution < -0.4 is 15.8 Å². The standard InChI is InChI=1S/C14H15N5O2/c1-9(20)16-14-12(21-2)8-11(13(15)17-14)19-18-10-6-4-3-5-7-10/h3-8H,1-2H3,(H3,15,16,17,20). The van der Waals surface area contributed by atoms with Gasteiger partial charge in [-0.05, 0) is 12.1 Å². The molecule has 0 aliphatic carbocycles. The molecule has 1 aromatic heterocycles. The van der Waals surface area contributed by atoms with Crippen LogP contribution in [0.25, 0.3) is 0 Å². The molecule has 0 spiro atoms. The molecule has 7 nitrogen and oxygen atoms in total. The van der Waals surface area contributed by atoms with Crippen LogP contribution in [0.2, 0.25) is 0 Å². The van der Waals surface area contributed by atoms with Crippen LogP contribution in [0.1, 0.15) is 6.92 Å². The fraction of sp³-hybridized carbons (Fsp3) is 0.143. The van der Waals surface area contributed by atoms with Crippen LogP contribution in [0.4, 0.5) is 23.0 Å². The van der Waals surface area contributed by atoms with Gasteiger partial charge in [0.05, 0.1) is 12.8 Å². The molecule has 3 N–H and O–H groups in total. The van der Waals surface area contributed by atoms with Crippen LogP contribution in [0, 0.1) is 0 Å². The molecule has 0 saturated heterocycles. The molecule has 0 radical (unpaired) electrons. The summed E-state index contributed by atoms with van der Waals surface area (Å²) in [5.74, 6) is 0.501. The highest BCUT2D eigenvalue weighted by Crippen LogP contribution is 2.32. The maximum Gasteiger partial charge on any atom is 0.222 e. The maximum absolute atomic E-state index is 11.1. The Labute approximate surface area is 121 Å². The van der Waals surface area contributed by atoms with Gasteiger partial charge in [0.25, 0.3) is 0 Å². The summed E-state index contributed by atoms with van der Waals surface area (Å²) in [5.41, 5.74) is 6.87. The van der Waals surface area contributed by atoms with E-state index in [1.165, 1.54) is 14.0 Å². The second-order valence-corrected chi connectivity index (χ2v) is 4.16. The van der Waals surface area contributed by atoms with E-state index in [1.54, 1.807) is 6.07 Å². The molecule has 0 aliphatic heterocycles. The predicted octanol–water partition coefficient (Wildman–Crippen LogP) is 3.05. The molecule has 21 heavy (non-hydrogen) atoms. The number of hydrogen-bond donors (Lipinski definition) is 2. The lowest BCUT2D eigenvalue weighted by Gasteiger charge is -2.09. The van der Waals surface area contributed by atoms with E-state index in [1.807, 2.05) is 30.3 Å². The number of nitrogens with two attached hydrogens (primary N) is 1. The molecule has 0 unspecified atom stereocenters. The summed E-state index contributed by atoms with van der Waals surface area (Å²) in [7, 11) is 1.47. The lowest BCUT2D eigenvalue weighted by Crippen LogP contribution is -2.09. The molecule has 0 saturated carbocycles. The third kappa shape index (κ3) is 3.75. The van der Waals surface area contributed by atoms with Gasteiger partial charge in [0.2, 0.25) is 5.91 Å². The summed E-state index contributed by atoms with van der Waals surface area (Å²) in [6, 6.07) is 10.8. The second kappa shape index (κ2) is 6.47. The Bertz CT molecular complexity index is 671. The van der Waals surface area contributed by atoms with Crippen LogP contribution >= 0.6 is 0 Å². The number of benzene rings is 1. The Kier molecular flexibility index (Phi) is 4.45. The average Bonchev–Trinajstić information content (AvgIpc) is 2.47. The Morgan fingerprint density at radius 1 is 1.29 bits per heavy atom. The van der Waals surface area contributed by atoms with Gasteiger partial charge in [-0.1, -0.05) is 18.2 Å². The summed E-state index contributed by atoms with van der Waals surface area (Å²) in [6.07, 6.45) is 0. The lowest BCUT2D eigenvalue weighted by atomic mass is 10.3. The molecular weight excluding hydrogens is 270 g/mol. The van der Waals surface area contributed by atoms with Crippen LogP contribution in [-0.2, 0) is 4.79 Å². The molecule has 0 aliphatic rings. The minimum atomic E-state index is -0.265. The van der Waals surface area contributed by atoms with Crippen molar-refractivity contribution in [3.63, 3.8) is 0 Å². The van der Waals surface area contributed by atoms with Crippen molar-refractivity contribution >= 4 is 28.9 Å². The number of ether oxygens (including phenoxy) is 1. The van der Waals surface area contributed by atoms with Gasteiger partial charge in [-0.2, -0.15) is 5.11 Å². The quantitative estimate of drug-likeness (QED) is 0.843. The molecule has 2 rings (SSSR count). The molecule has 1 amide bonds. The van der Waals surface area contributed by atoms with E-state index in [0.717, 1.165) is 0 Å². The van der Waals surface area contributed by atoms with Gasteiger partial charge >= 0.3 is 0 Å². The van der Waals surface area contributed by atoms with Crippen molar-refractivity contribution in [2.24, 2.45) is 10.2 Å². The van der Waals surface area contributed by atoms with E-state index in [-0.39, 0.29) is 17.5 Å². The van der Waals surface area contributed by atoms with Crippen molar-refractivity contribution in [3.05, 3.63) is 36.4 Å². The van der Waals surface area contributed by atoms with Gasteiger partial charge in [-0.15, -0.1) is 5.11 Å². The zero-order valence-electron chi connectivity index (χ0n) is 11.7. The summed E-state index contributed by atoms with van der Waals surface area (Å²) in [5, 5.41) is 10.7. The van der Waals surface area contributed by atoms with Crippen LogP contribution in [-0.4, -0.2) is 18.0 Å². The van der Waals surface area contributed by atoms with Gasteiger partial charge in [0.15, 0.2) is 17.4 Å².